The number of carbonyl (C=O) groups excluding carboxylic acids is 1. The van der Waals surface area contributed by atoms with E-state index in [2.05, 4.69) is 11.6 Å². The van der Waals surface area contributed by atoms with Gasteiger partial charge in [0.1, 0.15) is 0 Å². The summed E-state index contributed by atoms with van der Waals surface area (Å²) in [4.78, 5) is 15.0. The second-order valence-electron chi connectivity index (χ2n) is 9.58. The molecule has 0 radical (unpaired) electrons. The van der Waals surface area contributed by atoms with Crippen molar-refractivity contribution in [3.8, 4) is 0 Å². The molecule has 3 aliphatic rings. The summed E-state index contributed by atoms with van der Waals surface area (Å²) in [5.41, 5.74) is 1.23. The van der Waals surface area contributed by atoms with Gasteiger partial charge in [0, 0.05) is 12.6 Å². The molecule has 1 atom stereocenters. The maximum Gasteiger partial charge on any atom is 0.494 e. The van der Waals surface area contributed by atoms with E-state index in [1.54, 1.807) is 6.07 Å². The Morgan fingerprint density at radius 2 is 1.76 bits per heavy atom. The van der Waals surface area contributed by atoms with Crippen molar-refractivity contribution in [1.29, 1.82) is 0 Å². The number of sulfonamides is 1. The first-order chi connectivity index (χ1) is 13.3. The van der Waals surface area contributed by atoms with E-state index >= 15 is 0 Å². The lowest BCUT2D eigenvalue weighted by Crippen LogP contribution is -2.41. The van der Waals surface area contributed by atoms with Crippen molar-refractivity contribution in [2.24, 2.45) is 5.92 Å². The normalized spacial score (nSPS) is 24.0. The summed E-state index contributed by atoms with van der Waals surface area (Å²) in [6.45, 7) is 10.4. The van der Waals surface area contributed by atoms with Crippen LogP contribution in [0.1, 0.15) is 63.4 Å². The Hall–Kier alpha value is -1.58. The number of hydrogen-bond donors (Lipinski definition) is 1. The van der Waals surface area contributed by atoms with Crippen LogP contribution in [-0.4, -0.2) is 49.8 Å². The van der Waals surface area contributed by atoms with Gasteiger partial charge in [0.05, 0.1) is 28.7 Å². The van der Waals surface area contributed by atoms with E-state index in [1.807, 2.05) is 38.7 Å². The number of benzene rings is 1. The number of nitrogens with one attached hydrogen (secondary N) is 1. The topological polar surface area (TPSA) is 84.9 Å². The van der Waals surface area contributed by atoms with E-state index in [0.29, 0.717) is 29.2 Å². The van der Waals surface area contributed by atoms with Gasteiger partial charge in [-0.2, -0.15) is 0 Å². The summed E-state index contributed by atoms with van der Waals surface area (Å²) in [6, 6.07) is 3.73. The standard InChI is InChI=1S/C20H29BN2O5S/c1-12(13-7-8-13)23-11-14-9-15(21-27-19(2,3)20(4,5)28-21)10-16(17(14)18(23)24)22-29(6,25)26/h9-10,12-13,22H,7-8,11H2,1-6H3. The molecule has 0 aromatic heterocycles. The molecule has 1 amide bonds. The van der Waals surface area contributed by atoms with E-state index in [1.165, 1.54) is 0 Å². The number of carbonyl (C=O) groups is 1. The highest BCUT2D eigenvalue weighted by molar-refractivity contribution is 7.92. The van der Waals surface area contributed by atoms with Gasteiger partial charge in [0.15, 0.2) is 0 Å². The largest absolute Gasteiger partial charge is 0.494 e. The third kappa shape index (κ3) is 3.68. The number of anilines is 1. The predicted molar refractivity (Wildman–Crippen MR) is 113 cm³/mol. The molecule has 0 spiro atoms. The smallest absolute Gasteiger partial charge is 0.399 e. The van der Waals surface area contributed by atoms with Gasteiger partial charge < -0.3 is 14.2 Å². The van der Waals surface area contributed by atoms with Crippen LogP contribution in [0.3, 0.4) is 0 Å². The molecule has 7 nitrogen and oxygen atoms in total. The highest BCUT2D eigenvalue weighted by Gasteiger charge is 2.52. The number of amides is 1. The van der Waals surface area contributed by atoms with Crippen LogP contribution < -0.4 is 10.2 Å². The van der Waals surface area contributed by atoms with E-state index < -0.39 is 28.3 Å². The predicted octanol–water partition coefficient (Wildman–Crippen LogP) is 2.11. The first-order valence-electron chi connectivity index (χ1n) is 10.1. The molecule has 2 heterocycles. The lowest BCUT2D eigenvalue weighted by atomic mass is 9.77. The molecule has 4 rings (SSSR count). The van der Waals surface area contributed by atoms with Crippen LogP contribution in [0, 0.1) is 5.92 Å². The Kier molecular flexibility index (Phi) is 4.61. The monoisotopic (exact) mass is 420 g/mol. The fourth-order valence-corrected chi connectivity index (χ4v) is 4.62. The molecule has 158 valence electrons. The fourth-order valence-electron chi connectivity index (χ4n) is 4.06. The summed E-state index contributed by atoms with van der Waals surface area (Å²) in [7, 11) is -4.18. The number of fused-ring (bicyclic) bond motifs is 1. The van der Waals surface area contributed by atoms with E-state index in [9.17, 15) is 13.2 Å². The Labute approximate surface area is 173 Å². The van der Waals surface area contributed by atoms with Gasteiger partial charge in [0.2, 0.25) is 10.0 Å². The van der Waals surface area contributed by atoms with Crippen LogP contribution in [0.5, 0.6) is 0 Å². The zero-order chi connectivity index (χ0) is 21.4. The quantitative estimate of drug-likeness (QED) is 0.738. The Morgan fingerprint density at radius 1 is 1.17 bits per heavy atom. The zero-order valence-corrected chi connectivity index (χ0v) is 18.7. The van der Waals surface area contributed by atoms with Gasteiger partial charge in [-0.15, -0.1) is 0 Å². The van der Waals surface area contributed by atoms with Gasteiger partial charge in [-0.05, 0) is 70.5 Å². The minimum Gasteiger partial charge on any atom is -0.399 e. The van der Waals surface area contributed by atoms with Gasteiger partial charge in [-0.25, -0.2) is 8.42 Å². The van der Waals surface area contributed by atoms with Crippen LogP contribution in [-0.2, 0) is 25.9 Å². The second-order valence-corrected chi connectivity index (χ2v) is 11.3. The molecule has 29 heavy (non-hydrogen) atoms. The van der Waals surface area contributed by atoms with E-state index in [-0.39, 0.29) is 11.9 Å². The molecule has 2 fully saturated rings. The van der Waals surface area contributed by atoms with Gasteiger partial charge in [-0.1, -0.05) is 6.07 Å². The Bertz CT molecular complexity index is 955. The molecule has 1 N–H and O–H groups in total. The molecular formula is C20H29BN2O5S. The highest BCUT2D eigenvalue weighted by Crippen LogP contribution is 2.40. The highest BCUT2D eigenvalue weighted by atomic mass is 32.2. The molecule has 1 aliphatic carbocycles. The third-order valence-corrected chi connectivity index (χ3v) is 7.27. The summed E-state index contributed by atoms with van der Waals surface area (Å²) < 4.78 is 38.8. The van der Waals surface area contributed by atoms with Crippen molar-refractivity contribution in [1.82, 2.24) is 4.90 Å². The van der Waals surface area contributed by atoms with Crippen molar-refractivity contribution in [3.63, 3.8) is 0 Å². The molecular weight excluding hydrogens is 391 g/mol. The molecule has 0 bridgehead atoms. The SMILES string of the molecule is CC(C1CC1)N1Cc2cc(B3OC(C)(C)C(C)(C)O3)cc(NS(C)(=O)=O)c2C1=O. The van der Waals surface area contributed by atoms with Crippen molar-refractivity contribution in [2.75, 3.05) is 11.0 Å². The van der Waals surface area contributed by atoms with Crippen LogP contribution in [0.15, 0.2) is 12.1 Å². The molecule has 1 saturated carbocycles. The molecule has 9 heteroatoms. The van der Waals surface area contributed by atoms with E-state index in [4.69, 9.17) is 9.31 Å². The van der Waals surface area contributed by atoms with Crippen LogP contribution in [0.4, 0.5) is 5.69 Å². The Morgan fingerprint density at radius 3 is 2.28 bits per heavy atom. The molecule has 1 unspecified atom stereocenters. The fraction of sp³-hybridized carbons (Fsp3) is 0.650. The number of rotatable bonds is 5. The van der Waals surface area contributed by atoms with Crippen LogP contribution >= 0.6 is 0 Å². The summed E-state index contributed by atoms with van der Waals surface area (Å²) in [6.07, 6.45) is 3.36. The lowest BCUT2D eigenvalue weighted by Gasteiger charge is -2.32. The maximum absolute atomic E-state index is 13.1. The summed E-state index contributed by atoms with van der Waals surface area (Å²) in [5, 5.41) is 0. The minimum atomic E-state index is -3.55. The lowest BCUT2D eigenvalue weighted by molar-refractivity contribution is 0.00578. The second kappa shape index (κ2) is 6.46. The van der Waals surface area contributed by atoms with Gasteiger partial charge in [-0.3, -0.25) is 9.52 Å². The molecule has 1 aromatic carbocycles. The average Bonchev–Trinajstić information content (AvgIpc) is 3.31. The summed E-state index contributed by atoms with van der Waals surface area (Å²) >= 11 is 0. The molecule has 1 aromatic rings. The number of nitrogens with zero attached hydrogens (tertiary/aromatic N) is 1. The minimum absolute atomic E-state index is 0.119. The van der Waals surface area contributed by atoms with Crippen molar-refractivity contribution >= 4 is 34.2 Å². The molecule has 1 saturated heterocycles. The average molecular weight is 420 g/mol. The van der Waals surface area contributed by atoms with E-state index in [0.717, 1.165) is 24.7 Å². The van der Waals surface area contributed by atoms with Crippen LogP contribution in [0.25, 0.3) is 0 Å². The van der Waals surface area contributed by atoms with Crippen molar-refractivity contribution in [3.05, 3.63) is 23.3 Å². The molecule has 2 aliphatic heterocycles. The van der Waals surface area contributed by atoms with Crippen LogP contribution in [0.2, 0.25) is 0 Å². The van der Waals surface area contributed by atoms with Crippen molar-refractivity contribution < 1.29 is 22.5 Å². The van der Waals surface area contributed by atoms with Gasteiger partial charge >= 0.3 is 7.12 Å². The third-order valence-electron chi connectivity index (χ3n) is 6.67. The van der Waals surface area contributed by atoms with Crippen molar-refractivity contribution in [2.45, 2.75) is 71.2 Å². The zero-order valence-electron chi connectivity index (χ0n) is 17.9. The summed E-state index contributed by atoms with van der Waals surface area (Å²) in [5.74, 6) is 0.410. The maximum atomic E-state index is 13.1. The first-order valence-corrected chi connectivity index (χ1v) is 12.0. The first kappa shape index (κ1) is 20.7. The van der Waals surface area contributed by atoms with Gasteiger partial charge in [0.25, 0.3) is 5.91 Å². The Balaban J connectivity index is 1.74. The number of hydrogen-bond acceptors (Lipinski definition) is 5.